The monoisotopic (exact) mass is 587 g/mol. The Kier molecular flexibility index (Phi) is 6.83. The van der Waals surface area contributed by atoms with Gasteiger partial charge in [-0.3, -0.25) is 9.59 Å². The average Bonchev–Trinajstić information content (AvgIpc) is 3.73. The van der Waals surface area contributed by atoms with Crippen molar-refractivity contribution in [2.24, 2.45) is 5.41 Å². The molecule has 1 heterocycles. The van der Waals surface area contributed by atoms with Crippen molar-refractivity contribution in [2.75, 3.05) is 13.2 Å². The molecular formula is C22H20ClF6N3O5S. The zero-order chi connectivity index (χ0) is 28.3. The number of benzene rings is 1. The van der Waals surface area contributed by atoms with Gasteiger partial charge in [0, 0.05) is 12.6 Å². The summed E-state index contributed by atoms with van der Waals surface area (Å²) in [6.07, 6.45) is -10.6. The number of sulfone groups is 1. The van der Waals surface area contributed by atoms with Gasteiger partial charge in [0.1, 0.15) is 22.7 Å². The molecule has 0 bridgehead atoms. The standard InChI is InChI=1S/C22H20ClF6N3O5S/c23-14-7-12(37-11-21(24,25)26)1-2-16(14)38(35,36)13-8-15(17(33)31-19(10-30)3-4-19)32(9-13)18(34)20(5-6-20)22(27,28)29/h1-2,7,13,15H,3-6,8-9,11H2,(H,31,33). The van der Waals surface area contributed by atoms with Gasteiger partial charge in [0.2, 0.25) is 11.8 Å². The van der Waals surface area contributed by atoms with Crippen LogP contribution in [0.4, 0.5) is 26.3 Å². The number of alkyl halides is 6. The number of halogens is 7. The summed E-state index contributed by atoms with van der Waals surface area (Å²) in [5, 5.41) is 9.60. The summed E-state index contributed by atoms with van der Waals surface area (Å²) in [5.74, 6) is -2.75. The summed E-state index contributed by atoms with van der Waals surface area (Å²) in [5.41, 5.74) is -3.94. The van der Waals surface area contributed by atoms with Crippen molar-refractivity contribution in [3.63, 3.8) is 0 Å². The maximum atomic E-state index is 13.7. The van der Waals surface area contributed by atoms with Crippen molar-refractivity contribution in [2.45, 2.75) is 66.2 Å². The lowest BCUT2D eigenvalue weighted by Gasteiger charge is -2.29. The van der Waals surface area contributed by atoms with E-state index in [9.17, 15) is 49.6 Å². The third-order valence-electron chi connectivity index (χ3n) is 6.91. The van der Waals surface area contributed by atoms with E-state index in [4.69, 9.17) is 11.6 Å². The number of carbonyl (C=O) groups is 2. The molecule has 2 unspecified atom stereocenters. The molecule has 1 saturated heterocycles. The van der Waals surface area contributed by atoms with Gasteiger partial charge in [-0.05, 0) is 44.2 Å². The molecular weight excluding hydrogens is 568 g/mol. The summed E-state index contributed by atoms with van der Waals surface area (Å²) in [6, 6.07) is 2.94. The Morgan fingerprint density at radius 2 is 1.79 bits per heavy atom. The van der Waals surface area contributed by atoms with Gasteiger partial charge in [0.25, 0.3) is 0 Å². The molecule has 1 aliphatic heterocycles. The second-order valence-electron chi connectivity index (χ2n) is 9.64. The quantitative estimate of drug-likeness (QED) is 0.488. The van der Waals surface area contributed by atoms with Gasteiger partial charge in [-0.25, -0.2) is 8.42 Å². The van der Waals surface area contributed by atoms with E-state index in [1.54, 1.807) is 0 Å². The van der Waals surface area contributed by atoms with Crippen molar-refractivity contribution in [1.82, 2.24) is 10.2 Å². The number of carbonyl (C=O) groups excluding carboxylic acids is 2. The fourth-order valence-electron chi connectivity index (χ4n) is 4.37. The summed E-state index contributed by atoms with van der Waals surface area (Å²) < 4.78 is 110. The van der Waals surface area contributed by atoms with Gasteiger partial charge < -0.3 is 15.0 Å². The minimum atomic E-state index is -4.91. The van der Waals surface area contributed by atoms with E-state index in [-0.39, 0.29) is 5.75 Å². The van der Waals surface area contributed by atoms with Gasteiger partial charge in [0.15, 0.2) is 16.4 Å². The highest BCUT2D eigenvalue weighted by Gasteiger charge is 2.70. The zero-order valence-corrected chi connectivity index (χ0v) is 20.9. The highest BCUT2D eigenvalue weighted by molar-refractivity contribution is 7.92. The van der Waals surface area contributed by atoms with E-state index >= 15 is 0 Å². The van der Waals surface area contributed by atoms with Crippen LogP contribution in [0.2, 0.25) is 5.02 Å². The Balaban J connectivity index is 1.61. The normalized spacial score (nSPS) is 23.9. The average molecular weight is 588 g/mol. The zero-order valence-electron chi connectivity index (χ0n) is 19.3. The second kappa shape index (κ2) is 9.18. The van der Waals surface area contributed by atoms with E-state index in [0.29, 0.717) is 17.7 Å². The summed E-state index contributed by atoms with van der Waals surface area (Å²) >= 11 is 6.01. The second-order valence-corrected chi connectivity index (χ2v) is 12.2. The maximum Gasteiger partial charge on any atom is 0.422 e. The molecule has 2 saturated carbocycles. The number of ether oxygens (including phenoxy) is 1. The third-order valence-corrected chi connectivity index (χ3v) is 9.52. The molecule has 38 heavy (non-hydrogen) atoms. The van der Waals surface area contributed by atoms with E-state index in [1.807, 2.05) is 6.07 Å². The molecule has 16 heteroatoms. The highest BCUT2D eigenvalue weighted by Crippen LogP contribution is 2.59. The van der Waals surface area contributed by atoms with E-state index in [2.05, 4.69) is 10.1 Å². The molecule has 2 atom stereocenters. The minimum absolute atomic E-state index is 0.294. The summed E-state index contributed by atoms with van der Waals surface area (Å²) in [4.78, 5) is 26.1. The first-order valence-electron chi connectivity index (χ1n) is 11.3. The third kappa shape index (κ3) is 5.25. The van der Waals surface area contributed by atoms with Crippen molar-refractivity contribution in [3.05, 3.63) is 23.2 Å². The molecule has 3 aliphatic rings. The molecule has 2 aliphatic carbocycles. The van der Waals surface area contributed by atoms with Crippen LogP contribution in [0.25, 0.3) is 0 Å². The van der Waals surface area contributed by atoms with Crippen molar-refractivity contribution < 1.29 is 49.1 Å². The topological polar surface area (TPSA) is 117 Å². The molecule has 3 fully saturated rings. The highest BCUT2D eigenvalue weighted by atomic mass is 35.5. The molecule has 1 N–H and O–H groups in total. The first-order valence-corrected chi connectivity index (χ1v) is 13.2. The maximum absolute atomic E-state index is 13.7. The molecule has 0 spiro atoms. The molecule has 2 amide bonds. The van der Waals surface area contributed by atoms with Gasteiger partial charge >= 0.3 is 12.4 Å². The molecule has 1 aromatic rings. The van der Waals surface area contributed by atoms with Crippen molar-refractivity contribution in [1.29, 1.82) is 5.26 Å². The lowest BCUT2D eigenvalue weighted by molar-refractivity contribution is -0.199. The minimum Gasteiger partial charge on any atom is -0.484 e. The van der Waals surface area contributed by atoms with Crippen LogP contribution in [0.1, 0.15) is 32.1 Å². The van der Waals surface area contributed by atoms with Crippen LogP contribution in [0.15, 0.2) is 23.1 Å². The Hall–Kier alpha value is -2.73. The summed E-state index contributed by atoms with van der Waals surface area (Å²) in [6.45, 7) is -2.41. The fraction of sp³-hybridized carbons (Fsp3) is 0.591. The van der Waals surface area contributed by atoms with Crippen LogP contribution < -0.4 is 10.1 Å². The molecule has 1 aromatic carbocycles. The smallest absolute Gasteiger partial charge is 0.422 e. The number of nitrogens with one attached hydrogen (secondary N) is 1. The fourth-order valence-corrected chi connectivity index (χ4v) is 6.60. The SMILES string of the molecule is N#CC1(NC(=O)C2CC(S(=O)(=O)c3ccc(OCC(F)(F)F)cc3Cl)CN2C(=O)C2(C(F)(F)F)CC2)CC1. The Morgan fingerprint density at radius 1 is 1.16 bits per heavy atom. The van der Waals surface area contributed by atoms with Crippen LogP contribution in [0.3, 0.4) is 0 Å². The van der Waals surface area contributed by atoms with Gasteiger partial charge in [-0.1, -0.05) is 11.6 Å². The van der Waals surface area contributed by atoms with Gasteiger partial charge in [-0.15, -0.1) is 0 Å². The largest absolute Gasteiger partial charge is 0.484 e. The lowest BCUT2D eigenvalue weighted by Crippen LogP contribution is -2.53. The Morgan fingerprint density at radius 3 is 2.26 bits per heavy atom. The lowest BCUT2D eigenvalue weighted by atomic mass is 10.0. The Bertz CT molecular complexity index is 1300. The summed E-state index contributed by atoms with van der Waals surface area (Å²) in [7, 11) is -4.49. The van der Waals surface area contributed by atoms with Crippen LogP contribution in [0, 0.1) is 16.7 Å². The van der Waals surface area contributed by atoms with Crippen LogP contribution in [0.5, 0.6) is 5.75 Å². The van der Waals surface area contributed by atoms with Gasteiger partial charge in [-0.2, -0.15) is 31.6 Å². The molecule has 8 nitrogen and oxygen atoms in total. The van der Waals surface area contributed by atoms with E-state index in [0.717, 1.165) is 18.2 Å². The van der Waals surface area contributed by atoms with E-state index < -0.39 is 98.6 Å². The Labute approximate surface area is 217 Å². The van der Waals surface area contributed by atoms with Crippen molar-refractivity contribution >= 4 is 33.3 Å². The van der Waals surface area contributed by atoms with Gasteiger partial charge in [0.05, 0.1) is 21.2 Å². The number of likely N-dealkylation sites (tertiary alicyclic amines) is 1. The number of amides is 2. The first-order chi connectivity index (χ1) is 17.4. The molecule has 4 rings (SSSR count). The number of nitrogens with zero attached hydrogens (tertiary/aromatic N) is 2. The van der Waals surface area contributed by atoms with Crippen LogP contribution in [-0.4, -0.2) is 67.5 Å². The first kappa shape index (κ1) is 28.3. The van der Waals surface area contributed by atoms with Crippen molar-refractivity contribution in [3.8, 4) is 11.8 Å². The van der Waals surface area contributed by atoms with E-state index in [1.165, 1.54) is 0 Å². The number of nitriles is 1. The molecule has 208 valence electrons. The number of hydrogen-bond acceptors (Lipinski definition) is 6. The molecule has 0 aromatic heterocycles. The van der Waals surface area contributed by atoms with Crippen LogP contribution in [-0.2, 0) is 19.4 Å². The number of rotatable bonds is 7. The predicted octanol–water partition coefficient (Wildman–Crippen LogP) is 3.54. The molecule has 0 radical (unpaired) electrons. The van der Waals surface area contributed by atoms with Crippen LogP contribution >= 0.6 is 11.6 Å². The predicted molar refractivity (Wildman–Crippen MR) is 118 cm³/mol. The number of hydrogen-bond donors (Lipinski definition) is 1.